The summed E-state index contributed by atoms with van der Waals surface area (Å²) in [4.78, 5) is 28.2. The zero-order valence-electron chi connectivity index (χ0n) is 19.0. The summed E-state index contributed by atoms with van der Waals surface area (Å²) < 4.78 is 6.87. The van der Waals surface area contributed by atoms with Crippen LogP contribution in [0.15, 0.2) is 48.5 Å². The summed E-state index contributed by atoms with van der Waals surface area (Å²) in [5.41, 5.74) is 2.14. The molecule has 1 fully saturated rings. The zero-order chi connectivity index (χ0) is 22.9. The van der Waals surface area contributed by atoms with E-state index >= 15 is 0 Å². The number of ether oxygens (including phenoxy) is 1. The Labute approximate surface area is 205 Å². The maximum atomic E-state index is 13.3. The van der Waals surface area contributed by atoms with Crippen LogP contribution in [0.1, 0.15) is 56.6 Å². The molecule has 1 aliphatic carbocycles. The van der Waals surface area contributed by atoms with Crippen molar-refractivity contribution in [1.82, 2.24) is 10.2 Å². The smallest absolute Gasteiger partial charge is 0.261 e. The molecule has 3 rings (SSSR count). The molecule has 2 aromatic carbocycles. The molecule has 0 spiro atoms. The Kier molecular flexibility index (Phi) is 9.38. The third-order valence-corrected chi connectivity index (χ3v) is 6.83. The van der Waals surface area contributed by atoms with Crippen LogP contribution in [0.2, 0.25) is 0 Å². The minimum absolute atomic E-state index is 0.0596. The molecule has 1 aliphatic rings. The maximum absolute atomic E-state index is 13.3. The van der Waals surface area contributed by atoms with Gasteiger partial charge in [-0.2, -0.15) is 0 Å². The van der Waals surface area contributed by atoms with E-state index < -0.39 is 6.04 Å². The quantitative estimate of drug-likeness (QED) is 0.437. The first-order chi connectivity index (χ1) is 15.5. The van der Waals surface area contributed by atoms with Gasteiger partial charge >= 0.3 is 0 Å². The molecule has 172 valence electrons. The highest BCUT2D eigenvalue weighted by atomic mass is 127. The highest BCUT2D eigenvalue weighted by Crippen LogP contribution is 2.20. The number of halogens is 1. The average molecular weight is 548 g/mol. The van der Waals surface area contributed by atoms with Gasteiger partial charge in [0.25, 0.3) is 5.91 Å². The van der Waals surface area contributed by atoms with Crippen molar-refractivity contribution in [2.75, 3.05) is 6.61 Å². The molecule has 0 unspecified atom stereocenters. The fourth-order valence-corrected chi connectivity index (χ4v) is 4.55. The third kappa shape index (κ3) is 6.95. The lowest BCUT2D eigenvalue weighted by Crippen LogP contribution is -2.52. The van der Waals surface area contributed by atoms with Gasteiger partial charge in [-0.3, -0.25) is 9.59 Å². The highest BCUT2D eigenvalue weighted by molar-refractivity contribution is 14.1. The Bertz CT molecular complexity index is 894. The largest absolute Gasteiger partial charge is 0.484 e. The summed E-state index contributed by atoms with van der Waals surface area (Å²) in [5.74, 6) is 0.405. The van der Waals surface area contributed by atoms with Gasteiger partial charge in [0.2, 0.25) is 5.91 Å². The molecule has 0 bridgehead atoms. The molecule has 0 radical (unpaired) electrons. The monoisotopic (exact) mass is 548 g/mol. The molecule has 32 heavy (non-hydrogen) atoms. The molecule has 1 atom stereocenters. The Balaban J connectivity index is 1.75. The number of amides is 2. The van der Waals surface area contributed by atoms with E-state index in [9.17, 15) is 9.59 Å². The fourth-order valence-electron chi connectivity index (χ4n) is 4.19. The van der Waals surface area contributed by atoms with E-state index in [1.54, 1.807) is 4.90 Å². The Morgan fingerprint density at radius 1 is 1.09 bits per heavy atom. The molecular formula is C26H33IN2O3. The molecule has 0 aromatic heterocycles. The first kappa shape index (κ1) is 24.6. The fraction of sp³-hybridized carbons (Fsp3) is 0.462. The number of hydrogen-bond acceptors (Lipinski definition) is 3. The van der Waals surface area contributed by atoms with Gasteiger partial charge in [-0.25, -0.2) is 0 Å². The van der Waals surface area contributed by atoms with Gasteiger partial charge in [0.15, 0.2) is 6.61 Å². The number of nitrogens with zero attached hydrogens (tertiary/aromatic N) is 1. The van der Waals surface area contributed by atoms with Crippen LogP contribution in [-0.2, 0) is 16.1 Å². The minimum Gasteiger partial charge on any atom is -0.484 e. The van der Waals surface area contributed by atoms with E-state index in [0.717, 1.165) is 40.4 Å². The minimum atomic E-state index is -0.524. The highest BCUT2D eigenvalue weighted by Gasteiger charge is 2.30. The first-order valence-corrected chi connectivity index (χ1v) is 12.6. The van der Waals surface area contributed by atoms with Crippen LogP contribution < -0.4 is 10.1 Å². The molecule has 2 aromatic rings. The molecule has 0 aliphatic heterocycles. The molecule has 5 nitrogen and oxygen atoms in total. The topological polar surface area (TPSA) is 58.6 Å². The lowest BCUT2D eigenvalue weighted by atomic mass is 9.95. The summed E-state index contributed by atoms with van der Waals surface area (Å²) in [6.45, 7) is 4.28. The molecule has 2 amide bonds. The Hall–Kier alpha value is -2.09. The number of carbonyl (C=O) groups excluding carboxylic acids is 2. The van der Waals surface area contributed by atoms with Crippen molar-refractivity contribution in [3.63, 3.8) is 0 Å². The van der Waals surface area contributed by atoms with Crippen molar-refractivity contribution < 1.29 is 14.3 Å². The van der Waals surface area contributed by atoms with Gasteiger partial charge in [0.05, 0.1) is 0 Å². The lowest BCUT2D eigenvalue weighted by molar-refractivity contribution is -0.143. The number of benzene rings is 2. The van der Waals surface area contributed by atoms with E-state index in [0.29, 0.717) is 18.7 Å². The number of rotatable bonds is 9. The Morgan fingerprint density at radius 3 is 2.44 bits per heavy atom. The van der Waals surface area contributed by atoms with Crippen LogP contribution in [0.3, 0.4) is 0 Å². The van der Waals surface area contributed by atoms with Gasteiger partial charge in [0, 0.05) is 16.2 Å². The number of hydrogen-bond donors (Lipinski definition) is 1. The normalized spacial score (nSPS) is 15.1. The van der Waals surface area contributed by atoms with Gasteiger partial charge in [-0.15, -0.1) is 0 Å². The van der Waals surface area contributed by atoms with Gasteiger partial charge < -0.3 is 15.0 Å². The van der Waals surface area contributed by atoms with E-state index in [-0.39, 0.29) is 24.5 Å². The predicted molar refractivity (Wildman–Crippen MR) is 135 cm³/mol. The van der Waals surface area contributed by atoms with E-state index in [2.05, 4.69) is 27.9 Å². The molecule has 1 N–H and O–H groups in total. The number of aryl methyl sites for hydroxylation is 1. The van der Waals surface area contributed by atoms with Crippen molar-refractivity contribution in [1.29, 1.82) is 0 Å². The van der Waals surface area contributed by atoms with Crippen molar-refractivity contribution in [2.24, 2.45) is 0 Å². The van der Waals surface area contributed by atoms with Crippen LogP contribution in [0.4, 0.5) is 0 Å². The van der Waals surface area contributed by atoms with Crippen molar-refractivity contribution >= 4 is 34.4 Å². The summed E-state index contributed by atoms with van der Waals surface area (Å²) >= 11 is 2.23. The second-order valence-electron chi connectivity index (χ2n) is 8.46. The molecule has 0 saturated heterocycles. The van der Waals surface area contributed by atoms with Crippen molar-refractivity contribution in [3.05, 3.63) is 63.2 Å². The molecule has 6 heteroatoms. The second-order valence-corrected chi connectivity index (χ2v) is 9.70. The SMILES string of the molecule is CC[C@@H](C(=O)NC1CCCCC1)N(Cc1ccccc1C)C(=O)COc1ccc(I)cc1. The van der Waals surface area contributed by atoms with Gasteiger partial charge in [0.1, 0.15) is 11.8 Å². The van der Waals surface area contributed by atoms with E-state index in [4.69, 9.17) is 4.74 Å². The molecule has 1 saturated carbocycles. The van der Waals surface area contributed by atoms with Crippen LogP contribution in [0, 0.1) is 10.5 Å². The predicted octanol–water partition coefficient (Wildman–Crippen LogP) is 5.23. The maximum Gasteiger partial charge on any atom is 0.261 e. The average Bonchev–Trinajstić information content (AvgIpc) is 2.80. The van der Waals surface area contributed by atoms with Gasteiger partial charge in [-0.1, -0.05) is 50.5 Å². The summed E-state index contributed by atoms with van der Waals surface area (Å²) in [7, 11) is 0. The summed E-state index contributed by atoms with van der Waals surface area (Å²) in [6, 6.07) is 15.3. The molecule has 0 heterocycles. The number of carbonyl (C=O) groups is 2. The van der Waals surface area contributed by atoms with Crippen LogP contribution >= 0.6 is 22.6 Å². The van der Waals surface area contributed by atoms with E-state index in [1.165, 1.54) is 6.42 Å². The third-order valence-electron chi connectivity index (χ3n) is 6.12. The first-order valence-electron chi connectivity index (χ1n) is 11.5. The lowest BCUT2D eigenvalue weighted by Gasteiger charge is -2.33. The summed E-state index contributed by atoms with van der Waals surface area (Å²) in [6.07, 6.45) is 6.12. The molecular weight excluding hydrogens is 515 g/mol. The van der Waals surface area contributed by atoms with Crippen LogP contribution in [-0.4, -0.2) is 35.4 Å². The number of nitrogens with one attached hydrogen (secondary N) is 1. The Morgan fingerprint density at radius 2 is 1.78 bits per heavy atom. The van der Waals surface area contributed by atoms with Crippen LogP contribution in [0.5, 0.6) is 5.75 Å². The van der Waals surface area contributed by atoms with Crippen molar-refractivity contribution in [3.8, 4) is 5.75 Å². The summed E-state index contributed by atoms with van der Waals surface area (Å²) in [5, 5.41) is 3.21. The second kappa shape index (κ2) is 12.2. The van der Waals surface area contributed by atoms with E-state index in [1.807, 2.05) is 62.4 Å². The van der Waals surface area contributed by atoms with Crippen molar-refractivity contribution in [2.45, 2.75) is 71.0 Å². The van der Waals surface area contributed by atoms with Crippen LogP contribution in [0.25, 0.3) is 0 Å². The van der Waals surface area contributed by atoms with Gasteiger partial charge in [-0.05, 0) is 84.2 Å². The standard InChI is InChI=1S/C26H33IN2O3/c1-3-24(26(31)28-22-11-5-4-6-12-22)29(17-20-10-8-7-9-19(20)2)25(30)18-32-23-15-13-21(27)14-16-23/h7-10,13-16,22,24H,3-6,11-12,17-18H2,1-2H3,(H,28,31)/t24-/m0/s1. The zero-order valence-corrected chi connectivity index (χ0v) is 21.1.